The first kappa shape index (κ1) is 21.8. The van der Waals surface area contributed by atoms with Gasteiger partial charge in [0.1, 0.15) is 0 Å². The van der Waals surface area contributed by atoms with E-state index in [1.54, 1.807) is 12.2 Å². The number of carbonyl (C=O) groups is 2. The van der Waals surface area contributed by atoms with Gasteiger partial charge in [0.15, 0.2) is 5.78 Å². The molecular formula is C22H30O4. The first-order chi connectivity index (χ1) is 12.5. The molecule has 142 valence electrons. The highest BCUT2D eigenvalue weighted by molar-refractivity contribution is 5.95. The molecule has 4 nitrogen and oxygen atoms in total. The van der Waals surface area contributed by atoms with E-state index >= 15 is 0 Å². The van der Waals surface area contributed by atoms with Gasteiger partial charge in [-0.2, -0.15) is 0 Å². The molecule has 0 unspecified atom stereocenters. The molecule has 0 radical (unpaired) electrons. The van der Waals surface area contributed by atoms with Crippen LogP contribution < -0.4 is 0 Å². The molecular weight excluding hydrogens is 328 g/mol. The molecule has 0 aromatic rings. The van der Waals surface area contributed by atoms with E-state index in [2.05, 4.69) is 19.1 Å². The van der Waals surface area contributed by atoms with Crippen molar-refractivity contribution in [3.05, 3.63) is 60.8 Å². The van der Waals surface area contributed by atoms with Crippen molar-refractivity contribution in [1.82, 2.24) is 0 Å². The largest absolute Gasteiger partial charge is 0.481 e. The minimum Gasteiger partial charge on any atom is -0.481 e. The summed E-state index contributed by atoms with van der Waals surface area (Å²) in [5.74, 6) is -0.683. The van der Waals surface area contributed by atoms with Crippen LogP contribution in [0.5, 0.6) is 0 Å². The van der Waals surface area contributed by atoms with Crippen molar-refractivity contribution in [2.75, 3.05) is 0 Å². The predicted molar refractivity (Wildman–Crippen MR) is 105 cm³/mol. The third-order valence-corrected chi connectivity index (χ3v) is 4.16. The molecule has 0 bridgehead atoms. The van der Waals surface area contributed by atoms with Gasteiger partial charge in [0, 0.05) is 12.3 Å². The Bertz CT molecular complexity index is 581. The maximum Gasteiger partial charge on any atom is 0.303 e. The second kappa shape index (κ2) is 13.1. The highest BCUT2D eigenvalue weighted by Crippen LogP contribution is 2.27. The number of hydrogen-bond donors (Lipinski definition) is 2. The van der Waals surface area contributed by atoms with E-state index in [0.29, 0.717) is 19.3 Å². The minimum absolute atomic E-state index is 0.102. The molecule has 0 saturated heterocycles. The molecule has 4 heteroatoms. The Balaban J connectivity index is 2.33. The predicted octanol–water partition coefficient (Wildman–Crippen LogP) is 4.39. The average Bonchev–Trinajstić information content (AvgIpc) is 2.95. The summed E-state index contributed by atoms with van der Waals surface area (Å²) >= 11 is 0. The molecule has 0 aliphatic heterocycles. The first-order valence-corrected chi connectivity index (χ1v) is 9.29. The smallest absolute Gasteiger partial charge is 0.303 e. The number of allylic oxidation sites excluding steroid dienone is 8. The number of aliphatic carboxylic acids is 1. The Morgan fingerprint density at radius 3 is 2.69 bits per heavy atom. The van der Waals surface area contributed by atoms with Crippen LogP contribution in [0.25, 0.3) is 0 Å². The zero-order valence-corrected chi connectivity index (χ0v) is 15.5. The van der Waals surface area contributed by atoms with Crippen molar-refractivity contribution in [3.8, 4) is 0 Å². The number of ketones is 1. The van der Waals surface area contributed by atoms with Gasteiger partial charge in [-0.15, -0.1) is 0 Å². The number of rotatable bonds is 12. The lowest BCUT2D eigenvalue weighted by molar-refractivity contribution is -0.136. The molecule has 1 rings (SSSR count). The fourth-order valence-electron chi connectivity index (χ4n) is 2.70. The Kier molecular flexibility index (Phi) is 11.0. The maximum atomic E-state index is 12.0. The Morgan fingerprint density at radius 2 is 1.96 bits per heavy atom. The standard InChI is InChI=1S/C22H30O4/c1-2-3-8-11-18-14-17-21(24)20(18)16-15-19(23)12-9-6-4-5-7-10-13-22(25)26/h3,5-9,14-20,23H,2,4,10-13H2,1H3,(H,25,26)/b7-5-,8-3-,9-6-,16-15+/t18-,19+,20-/m0/s1. The van der Waals surface area contributed by atoms with E-state index in [1.165, 1.54) is 0 Å². The second-order valence-electron chi connectivity index (χ2n) is 6.37. The molecule has 1 aliphatic carbocycles. The Hall–Kier alpha value is -2.20. The van der Waals surface area contributed by atoms with E-state index in [9.17, 15) is 14.7 Å². The van der Waals surface area contributed by atoms with E-state index in [1.807, 2.05) is 36.5 Å². The van der Waals surface area contributed by atoms with Gasteiger partial charge in [-0.1, -0.05) is 61.6 Å². The zero-order valence-electron chi connectivity index (χ0n) is 15.5. The first-order valence-electron chi connectivity index (χ1n) is 9.29. The van der Waals surface area contributed by atoms with Gasteiger partial charge in [-0.3, -0.25) is 9.59 Å². The van der Waals surface area contributed by atoms with Gasteiger partial charge in [0.05, 0.1) is 6.10 Å². The molecule has 1 aliphatic rings. The molecule has 26 heavy (non-hydrogen) atoms. The lowest BCUT2D eigenvalue weighted by Crippen LogP contribution is -2.14. The van der Waals surface area contributed by atoms with Crippen molar-refractivity contribution < 1.29 is 19.8 Å². The van der Waals surface area contributed by atoms with E-state index in [0.717, 1.165) is 12.8 Å². The molecule has 0 heterocycles. The Labute approximate surface area is 156 Å². The average molecular weight is 358 g/mol. The van der Waals surface area contributed by atoms with Gasteiger partial charge < -0.3 is 10.2 Å². The van der Waals surface area contributed by atoms with Crippen LogP contribution in [0.15, 0.2) is 60.8 Å². The normalized spacial score (nSPS) is 21.8. The van der Waals surface area contributed by atoms with Crippen LogP contribution in [-0.4, -0.2) is 28.1 Å². The maximum absolute atomic E-state index is 12.0. The summed E-state index contributed by atoms with van der Waals surface area (Å²) in [7, 11) is 0. The topological polar surface area (TPSA) is 74.6 Å². The number of carboxylic acid groups (broad SMARTS) is 1. The van der Waals surface area contributed by atoms with Crippen LogP contribution in [0.3, 0.4) is 0 Å². The SMILES string of the molecule is CC/C=C\C[C@H]1C=CC(=O)[C@H]1/C=C/[C@H](O)C/C=C\C/C=C\CCC(=O)O. The van der Waals surface area contributed by atoms with Crippen LogP contribution in [-0.2, 0) is 9.59 Å². The second-order valence-corrected chi connectivity index (χ2v) is 6.37. The Morgan fingerprint density at radius 1 is 1.19 bits per heavy atom. The van der Waals surface area contributed by atoms with Gasteiger partial charge in [0.25, 0.3) is 0 Å². The molecule has 0 aromatic carbocycles. The monoisotopic (exact) mass is 358 g/mol. The number of aliphatic hydroxyl groups is 1. The van der Waals surface area contributed by atoms with Crippen molar-refractivity contribution in [2.24, 2.45) is 11.8 Å². The zero-order chi connectivity index (χ0) is 19.2. The molecule has 0 spiro atoms. The summed E-state index contributed by atoms with van der Waals surface area (Å²) in [5.41, 5.74) is 0. The molecule has 0 amide bonds. The van der Waals surface area contributed by atoms with Gasteiger partial charge in [-0.05, 0) is 44.1 Å². The van der Waals surface area contributed by atoms with E-state index in [4.69, 9.17) is 5.11 Å². The molecule has 0 aromatic heterocycles. The summed E-state index contributed by atoms with van der Waals surface area (Å²) in [5, 5.41) is 18.6. The molecule has 0 saturated carbocycles. The fourth-order valence-corrected chi connectivity index (χ4v) is 2.70. The minimum atomic E-state index is -0.792. The number of carboxylic acids is 1. The summed E-state index contributed by atoms with van der Waals surface area (Å²) in [6, 6.07) is 0. The highest BCUT2D eigenvalue weighted by atomic mass is 16.4. The van der Waals surface area contributed by atoms with E-state index in [-0.39, 0.29) is 24.0 Å². The van der Waals surface area contributed by atoms with Gasteiger partial charge in [-0.25, -0.2) is 0 Å². The lowest BCUT2D eigenvalue weighted by Gasteiger charge is -2.13. The fraction of sp³-hybridized carbons (Fsp3) is 0.455. The summed E-state index contributed by atoms with van der Waals surface area (Å²) in [4.78, 5) is 22.3. The summed E-state index contributed by atoms with van der Waals surface area (Å²) in [6.45, 7) is 2.08. The van der Waals surface area contributed by atoms with Crippen LogP contribution >= 0.6 is 0 Å². The van der Waals surface area contributed by atoms with Crippen LogP contribution in [0.1, 0.15) is 45.4 Å². The van der Waals surface area contributed by atoms with Crippen LogP contribution in [0.4, 0.5) is 0 Å². The van der Waals surface area contributed by atoms with Crippen molar-refractivity contribution in [1.29, 1.82) is 0 Å². The van der Waals surface area contributed by atoms with Gasteiger partial charge in [0.2, 0.25) is 0 Å². The number of carbonyl (C=O) groups excluding carboxylic acids is 1. The number of hydrogen-bond acceptors (Lipinski definition) is 3. The lowest BCUT2D eigenvalue weighted by atomic mass is 9.91. The van der Waals surface area contributed by atoms with Gasteiger partial charge >= 0.3 is 5.97 Å². The van der Waals surface area contributed by atoms with Crippen LogP contribution in [0, 0.1) is 11.8 Å². The van der Waals surface area contributed by atoms with Crippen molar-refractivity contribution in [2.45, 2.75) is 51.6 Å². The summed E-state index contributed by atoms with van der Waals surface area (Å²) < 4.78 is 0. The molecule has 2 N–H and O–H groups in total. The highest BCUT2D eigenvalue weighted by Gasteiger charge is 2.26. The van der Waals surface area contributed by atoms with Crippen molar-refractivity contribution >= 4 is 11.8 Å². The third kappa shape index (κ3) is 9.33. The summed E-state index contributed by atoms with van der Waals surface area (Å²) in [6.07, 6.45) is 22.1. The third-order valence-electron chi connectivity index (χ3n) is 4.16. The number of aliphatic hydroxyl groups excluding tert-OH is 1. The molecule has 0 fully saturated rings. The van der Waals surface area contributed by atoms with Crippen LogP contribution in [0.2, 0.25) is 0 Å². The molecule has 3 atom stereocenters. The van der Waals surface area contributed by atoms with Crippen molar-refractivity contribution in [3.63, 3.8) is 0 Å². The quantitative estimate of drug-likeness (QED) is 0.507. The van der Waals surface area contributed by atoms with E-state index < -0.39 is 12.1 Å².